The van der Waals surface area contributed by atoms with Crippen LogP contribution >= 0.6 is 0 Å². The van der Waals surface area contributed by atoms with Crippen molar-refractivity contribution in [3.05, 3.63) is 0 Å². The van der Waals surface area contributed by atoms with Crippen LogP contribution in [0.25, 0.3) is 0 Å². The lowest BCUT2D eigenvalue weighted by Crippen LogP contribution is -1.99. The van der Waals surface area contributed by atoms with E-state index in [0.29, 0.717) is 0 Å². The monoisotopic (exact) mass is 141 g/mol. The minimum atomic E-state index is 0.774. The Labute approximate surface area is 62.2 Å². The Hall–Kier alpha value is -0.860. The molecule has 3 nitrogen and oxygen atoms in total. The van der Waals surface area contributed by atoms with Gasteiger partial charge in [0.05, 0.1) is 0 Å². The van der Waals surface area contributed by atoms with Crippen molar-refractivity contribution >= 4 is 12.1 Å². The van der Waals surface area contributed by atoms with Crippen LogP contribution < -0.4 is 5.43 Å². The topological polar surface area (TPSA) is 36.8 Å². The molecule has 58 valence electrons. The molecule has 0 aliphatic carbocycles. The predicted octanol–water partition coefficient (Wildman–Crippen LogP) is 1.41. The maximum atomic E-state index is 4.07. The summed E-state index contributed by atoms with van der Waals surface area (Å²) in [7, 11) is 1.76. The van der Waals surface area contributed by atoms with E-state index >= 15 is 0 Å². The van der Waals surface area contributed by atoms with Crippen LogP contribution in [-0.2, 0) is 0 Å². The first-order valence-electron chi connectivity index (χ1n) is 3.54. The highest BCUT2D eigenvalue weighted by Gasteiger charge is 1.79. The van der Waals surface area contributed by atoms with E-state index in [-0.39, 0.29) is 0 Å². The highest BCUT2D eigenvalue weighted by Crippen LogP contribution is 1.82. The summed E-state index contributed by atoms with van der Waals surface area (Å²) in [5, 5.41) is 3.87. The molecule has 0 aliphatic heterocycles. The van der Waals surface area contributed by atoms with Crippen molar-refractivity contribution in [2.24, 2.45) is 10.1 Å². The lowest BCUT2D eigenvalue weighted by atomic mass is 10.4. The molecule has 0 fully saturated rings. The van der Waals surface area contributed by atoms with Gasteiger partial charge >= 0.3 is 0 Å². The van der Waals surface area contributed by atoms with E-state index in [9.17, 15) is 0 Å². The van der Waals surface area contributed by atoms with E-state index in [1.54, 1.807) is 7.05 Å². The molecule has 0 atom stereocenters. The molecular formula is C7H15N3. The zero-order valence-corrected chi connectivity index (χ0v) is 6.89. The predicted molar refractivity (Wildman–Crippen MR) is 45.6 cm³/mol. The number of aliphatic imine (C=N–C) groups is 1. The van der Waals surface area contributed by atoms with Crippen molar-refractivity contribution in [1.82, 2.24) is 5.43 Å². The smallest absolute Gasteiger partial charge is 0.144 e. The third-order valence-corrected chi connectivity index (χ3v) is 0.970. The normalized spacial score (nSPS) is 12.5. The first kappa shape index (κ1) is 9.14. The lowest BCUT2D eigenvalue weighted by molar-refractivity contribution is 0.895. The second kappa shape index (κ2) is 6.26. The van der Waals surface area contributed by atoms with Gasteiger partial charge < -0.3 is 5.43 Å². The Morgan fingerprint density at radius 1 is 1.60 bits per heavy atom. The van der Waals surface area contributed by atoms with Crippen molar-refractivity contribution in [2.75, 3.05) is 7.05 Å². The Kier molecular flexibility index (Phi) is 5.72. The molecule has 0 aromatic heterocycles. The second-order valence-corrected chi connectivity index (χ2v) is 1.98. The largest absolute Gasteiger partial charge is 0.311 e. The molecule has 3 heteroatoms. The molecule has 0 bridgehead atoms. The van der Waals surface area contributed by atoms with E-state index in [4.69, 9.17) is 0 Å². The van der Waals surface area contributed by atoms with Gasteiger partial charge in [-0.05, 0) is 13.3 Å². The molecule has 0 spiro atoms. The molecule has 0 saturated heterocycles. The van der Waals surface area contributed by atoms with E-state index in [2.05, 4.69) is 22.4 Å². The van der Waals surface area contributed by atoms with Crippen LogP contribution in [0.1, 0.15) is 26.7 Å². The maximum Gasteiger partial charge on any atom is 0.144 e. The average molecular weight is 141 g/mol. The number of unbranched alkanes of at least 4 members (excludes halogenated alkanes) is 1. The molecule has 0 unspecified atom stereocenters. The summed E-state index contributed by atoms with van der Waals surface area (Å²) in [6.07, 6.45) is 4.04. The van der Waals surface area contributed by atoms with Crippen LogP contribution in [0.3, 0.4) is 0 Å². The Balaban J connectivity index is 3.55. The van der Waals surface area contributed by atoms with Gasteiger partial charge in [0.2, 0.25) is 0 Å². The van der Waals surface area contributed by atoms with Crippen LogP contribution in [0.15, 0.2) is 10.1 Å². The van der Waals surface area contributed by atoms with Gasteiger partial charge in [-0.25, -0.2) is 4.99 Å². The fraction of sp³-hybridized carbons (Fsp3) is 0.714. The highest BCUT2D eigenvalue weighted by molar-refractivity contribution is 5.87. The highest BCUT2D eigenvalue weighted by atomic mass is 15.3. The number of amidine groups is 1. The van der Waals surface area contributed by atoms with Gasteiger partial charge in [-0.3, -0.25) is 0 Å². The van der Waals surface area contributed by atoms with Crippen molar-refractivity contribution in [3.63, 3.8) is 0 Å². The maximum absolute atomic E-state index is 4.07. The van der Waals surface area contributed by atoms with Gasteiger partial charge in [-0.15, -0.1) is 0 Å². The first-order valence-corrected chi connectivity index (χ1v) is 3.54. The fourth-order valence-corrected chi connectivity index (χ4v) is 0.516. The van der Waals surface area contributed by atoms with Crippen molar-refractivity contribution in [2.45, 2.75) is 26.7 Å². The third-order valence-electron chi connectivity index (χ3n) is 0.970. The summed E-state index contributed by atoms with van der Waals surface area (Å²) in [5.74, 6) is 0.774. The quantitative estimate of drug-likeness (QED) is 0.360. The zero-order valence-electron chi connectivity index (χ0n) is 6.89. The van der Waals surface area contributed by atoms with Crippen LogP contribution in [0.5, 0.6) is 0 Å². The third kappa shape index (κ3) is 5.28. The standard InChI is InChI=1S/C7H15N3/c1-4-5-6-9-7(2)10-8-3/h6,8H,4-5H2,1-3H3/b9-6+,10-7-. The van der Waals surface area contributed by atoms with Crippen molar-refractivity contribution < 1.29 is 0 Å². The first-order chi connectivity index (χ1) is 4.81. The molecule has 0 aromatic carbocycles. The number of hydrogen-bond acceptors (Lipinski definition) is 2. The molecule has 0 rings (SSSR count). The molecular weight excluding hydrogens is 126 g/mol. The summed E-state index contributed by atoms with van der Waals surface area (Å²) >= 11 is 0. The van der Waals surface area contributed by atoms with Crippen molar-refractivity contribution in [3.8, 4) is 0 Å². The number of hydrazone groups is 1. The van der Waals surface area contributed by atoms with Crippen LogP contribution in [0.2, 0.25) is 0 Å². The molecule has 1 N–H and O–H groups in total. The van der Waals surface area contributed by atoms with E-state index in [0.717, 1.165) is 18.7 Å². The van der Waals surface area contributed by atoms with Crippen molar-refractivity contribution in [1.29, 1.82) is 0 Å². The van der Waals surface area contributed by atoms with E-state index in [1.165, 1.54) is 0 Å². The zero-order chi connectivity index (χ0) is 7.82. The molecule has 0 aromatic rings. The van der Waals surface area contributed by atoms with Gasteiger partial charge in [-0.1, -0.05) is 13.3 Å². The number of nitrogens with zero attached hydrogens (tertiary/aromatic N) is 2. The molecule has 10 heavy (non-hydrogen) atoms. The number of rotatable bonds is 3. The summed E-state index contributed by atoms with van der Waals surface area (Å²) < 4.78 is 0. The summed E-state index contributed by atoms with van der Waals surface area (Å²) in [6.45, 7) is 3.99. The number of hydrogen-bond donors (Lipinski definition) is 1. The van der Waals surface area contributed by atoms with E-state index in [1.807, 2.05) is 13.1 Å². The molecule has 0 amide bonds. The van der Waals surface area contributed by atoms with Crippen LogP contribution in [-0.4, -0.2) is 19.1 Å². The van der Waals surface area contributed by atoms with Gasteiger partial charge in [0.25, 0.3) is 0 Å². The second-order valence-electron chi connectivity index (χ2n) is 1.98. The molecule has 0 saturated carbocycles. The van der Waals surface area contributed by atoms with Gasteiger partial charge in [0.1, 0.15) is 5.84 Å². The Morgan fingerprint density at radius 2 is 2.30 bits per heavy atom. The fourth-order valence-electron chi connectivity index (χ4n) is 0.516. The summed E-state index contributed by atoms with van der Waals surface area (Å²) in [5.41, 5.74) is 2.67. The Bertz CT molecular complexity index is 127. The van der Waals surface area contributed by atoms with Crippen LogP contribution in [0.4, 0.5) is 0 Å². The molecule has 0 aliphatic rings. The Morgan fingerprint density at radius 3 is 2.80 bits per heavy atom. The van der Waals surface area contributed by atoms with Gasteiger partial charge in [0, 0.05) is 13.3 Å². The van der Waals surface area contributed by atoms with E-state index < -0.39 is 0 Å². The number of nitrogens with one attached hydrogen (secondary N) is 1. The average Bonchev–Trinajstić information content (AvgIpc) is 1.89. The minimum Gasteiger partial charge on any atom is -0.311 e. The van der Waals surface area contributed by atoms with Gasteiger partial charge in [0.15, 0.2) is 0 Å². The molecule has 0 heterocycles. The molecule has 0 radical (unpaired) electrons. The summed E-state index contributed by atoms with van der Waals surface area (Å²) in [6, 6.07) is 0. The van der Waals surface area contributed by atoms with Gasteiger partial charge in [-0.2, -0.15) is 5.10 Å². The van der Waals surface area contributed by atoms with Crippen LogP contribution in [0, 0.1) is 0 Å². The minimum absolute atomic E-state index is 0.774. The SMILES string of the molecule is CCC/C=N/C(C)=N\NC. The lowest BCUT2D eigenvalue weighted by Gasteiger charge is -1.89. The summed E-state index contributed by atoms with van der Waals surface area (Å²) in [4.78, 5) is 4.07.